The van der Waals surface area contributed by atoms with Gasteiger partial charge in [0.25, 0.3) is 0 Å². The van der Waals surface area contributed by atoms with Gasteiger partial charge in [0.05, 0.1) is 22.4 Å². The third kappa shape index (κ3) is 9.68. The minimum absolute atomic E-state index is 0.434. The van der Waals surface area contributed by atoms with E-state index in [-0.39, 0.29) is 0 Å². The highest BCUT2D eigenvalue weighted by molar-refractivity contribution is 6.62. The molecule has 0 bridgehead atoms. The Morgan fingerprint density at radius 2 is 0.850 bits per heavy atom. The average molecular weight is 1050 g/mol. The van der Waals surface area contributed by atoms with E-state index < -0.39 is 42.1 Å². The van der Waals surface area contributed by atoms with Gasteiger partial charge in [-0.3, -0.25) is 0 Å². The molecule has 0 radical (unpaired) electrons. The van der Waals surface area contributed by atoms with Crippen molar-refractivity contribution < 1.29 is 18.6 Å². The van der Waals surface area contributed by atoms with Gasteiger partial charge in [-0.15, -0.1) is 0 Å². The average Bonchev–Trinajstić information content (AvgIpc) is 3.97. The van der Waals surface area contributed by atoms with E-state index in [0.29, 0.717) is 0 Å². The molecule has 0 saturated carbocycles. The Kier molecular flexibility index (Phi) is 13.8. The van der Waals surface area contributed by atoms with Crippen LogP contribution in [0, 0.1) is 0 Å². The zero-order valence-corrected chi connectivity index (χ0v) is 48.3. The Morgan fingerprint density at radius 1 is 0.438 bits per heavy atom. The molecule has 0 amide bonds. The molecular weight excluding hydrogens is 978 g/mol. The van der Waals surface area contributed by atoms with E-state index in [4.69, 9.17) is 18.6 Å². The van der Waals surface area contributed by atoms with Crippen molar-refractivity contribution in [1.29, 1.82) is 0 Å². The summed E-state index contributed by atoms with van der Waals surface area (Å²) >= 11 is 0. The van der Waals surface area contributed by atoms with Crippen molar-refractivity contribution in [3.05, 3.63) is 234 Å². The Balaban J connectivity index is 1.000. The minimum atomic E-state index is -0.464. The zero-order valence-electron chi connectivity index (χ0n) is 48.3. The predicted octanol–water partition coefficient (Wildman–Crippen LogP) is 17.3. The van der Waals surface area contributed by atoms with E-state index >= 15 is 0 Å². The van der Waals surface area contributed by atoms with Crippen molar-refractivity contribution in [3.8, 4) is 22.3 Å². The first-order chi connectivity index (χ1) is 38.4. The van der Waals surface area contributed by atoms with E-state index in [2.05, 4.69) is 285 Å². The molecule has 0 N–H and O–H groups in total. The largest absolute Gasteiger partial charge is 0.494 e. The standard InChI is InChI=1S/C72H74B2N2O4/c1-11-12-19-50-24-30-55(31-25-50)72(10)66-46-44-62(75(58-36-26-53(27-37-58)51-20-15-13-16-21-51)60-40-32-56(33-41-60)73-77-68(2,3)69(4,5)78-73)48-64(66)65-49-63(45-47-67(65)72)76(59-38-28-54(29-39-59)52-22-17-14-18-23-52)61-42-34-57(35-43-61)74-79-70(6,7)71(8,9)80-74/h13-17,20-22,24-49H,11-12,18-19,23H2,1-10H3. The van der Waals surface area contributed by atoms with Gasteiger partial charge in [0.1, 0.15) is 0 Å². The first-order valence-corrected chi connectivity index (χ1v) is 28.9. The third-order valence-electron chi connectivity index (χ3n) is 18.3. The molecule has 2 aliphatic carbocycles. The first-order valence-electron chi connectivity index (χ1n) is 28.9. The molecule has 8 aromatic carbocycles. The van der Waals surface area contributed by atoms with Crippen LogP contribution >= 0.6 is 0 Å². The third-order valence-corrected chi connectivity index (χ3v) is 18.3. The quantitative estimate of drug-likeness (QED) is 0.101. The number of allylic oxidation sites excluding steroid dienone is 4. The lowest BCUT2D eigenvalue weighted by atomic mass is 9.74. The summed E-state index contributed by atoms with van der Waals surface area (Å²) in [5.74, 6) is 0. The highest BCUT2D eigenvalue weighted by Crippen LogP contribution is 2.55. The maximum Gasteiger partial charge on any atom is 0.494 e. The summed E-state index contributed by atoms with van der Waals surface area (Å²) in [6, 6.07) is 69.9. The van der Waals surface area contributed by atoms with Crippen LogP contribution in [0.5, 0.6) is 0 Å². The summed E-state index contributed by atoms with van der Waals surface area (Å²) in [5, 5.41) is 0. The maximum atomic E-state index is 6.54. The molecule has 6 nitrogen and oxygen atoms in total. The fourth-order valence-corrected chi connectivity index (χ4v) is 12.0. The van der Waals surface area contributed by atoms with Gasteiger partial charge in [0.2, 0.25) is 0 Å². The normalized spacial score (nSPS) is 19.1. The number of aryl methyl sites for hydroxylation is 1. The predicted molar refractivity (Wildman–Crippen MR) is 335 cm³/mol. The molecular formula is C72H74B2N2O4. The van der Waals surface area contributed by atoms with Crippen molar-refractivity contribution >= 4 is 64.9 Å². The Morgan fingerprint density at radius 3 is 1.27 bits per heavy atom. The van der Waals surface area contributed by atoms with E-state index in [1.165, 1.54) is 68.5 Å². The molecule has 80 heavy (non-hydrogen) atoms. The summed E-state index contributed by atoms with van der Waals surface area (Å²) < 4.78 is 26.2. The molecule has 8 heteroatoms. The summed E-state index contributed by atoms with van der Waals surface area (Å²) in [6.07, 6.45) is 12.2. The summed E-state index contributed by atoms with van der Waals surface area (Å²) in [5.41, 5.74) is 18.7. The second-order valence-electron chi connectivity index (χ2n) is 24.5. The fraction of sp³-hybridized carbons (Fsp3) is 0.278. The maximum absolute atomic E-state index is 6.54. The lowest BCUT2D eigenvalue weighted by Crippen LogP contribution is -2.41. The molecule has 12 rings (SSSR count). The van der Waals surface area contributed by atoms with Crippen molar-refractivity contribution in [1.82, 2.24) is 0 Å². The van der Waals surface area contributed by atoms with Crippen LogP contribution in [0.2, 0.25) is 0 Å². The number of anilines is 6. The van der Waals surface area contributed by atoms with Gasteiger partial charge in [-0.1, -0.05) is 147 Å². The number of fused-ring (bicyclic) bond motifs is 3. The van der Waals surface area contributed by atoms with Gasteiger partial charge in [-0.25, -0.2) is 0 Å². The molecule has 8 aromatic rings. The van der Waals surface area contributed by atoms with E-state index in [0.717, 1.165) is 64.3 Å². The monoisotopic (exact) mass is 1050 g/mol. The highest BCUT2D eigenvalue weighted by atomic mass is 16.7. The fourth-order valence-electron chi connectivity index (χ4n) is 12.0. The van der Waals surface area contributed by atoms with Gasteiger partial charge < -0.3 is 28.4 Å². The van der Waals surface area contributed by atoms with Crippen molar-refractivity contribution in [3.63, 3.8) is 0 Å². The Labute approximate surface area is 476 Å². The van der Waals surface area contributed by atoms with Gasteiger partial charge in [0.15, 0.2) is 0 Å². The minimum Gasteiger partial charge on any atom is -0.399 e. The van der Waals surface area contributed by atoms with Gasteiger partial charge in [0, 0.05) is 39.5 Å². The first kappa shape index (κ1) is 53.5. The lowest BCUT2D eigenvalue weighted by Gasteiger charge is -2.32. The number of rotatable bonds is 14. The van der Waals surface area contributed by atoms with Crippen LogP contribution in [0.1, 0.15) is 123 Å². The van der Waals surface area contributed by atoms with E-state index in [9.17, 15) is 0 Å². The smallest absolute Gasteiger partial charge is 0.399 e. The highest BCUT2D eigenvalue weighted by Gasteiger charge is 2.53. The number of unbranched alkanes of at least 4 members (excludes halogenated alkanes) is 1. The molecule has 2 saturated heterocycles. The molecule has 4 aliphatic rings. The van der Waals surface area contributed by atoms with Crippen LogP contribution in [0.15, 0.2) is 206 Å². The van der Waals surface area contributed by atoms with E-state index in [1.807, 2.05) is 0 Å². The second kappa shape index (κ2) is 20.7. The van der Waals surface area contributed by atoms with Gasteiger partial charge in [-0.2, -0.15) is 0 Å². The van der Waals surface area contributed by atoms with Crippen LogP contribution in [0.4, 0.5) is 34.1 Å². The van der Waals surface area contributed by atoms with Crippen LogP contribution in [0.25, 0.3) is 27.8 Å². The molecule has 2 heterocycles. The van der Waals surface area contributed by atoms with Crippen molar-refractivity contribution in [2.24, 2.45) is 0 Å². The lowest BCUT2D eigenvalue weighted by molar-refractivity contribution is 0.00578. The Bertz CT molecular complexity index is 3570. The molecule has 0 aromatic heterocycles. The number of benzene rings is 8. The van der Waals surface area contributed by atoms with Gasteiger partial charge in [-0.05, 0) is 227 Å². The van der Waals surface area contributed by atoms with E-state index in [1.54, 1.807) is 0 Å². The summed E-state index contributed by atoms with van der Waals surface area (Å²) in [6.45, 7) is 21.5. The zero-order chi connectivity index (χ0) is 55.6. The van der Waals surface area contributed by atoms with Crippen LogP contribution in [-0.2, 0) is 30.5 Å². The number of hydrogen-bond donors (Lipinski definition) is 0. The Hall–Kier alpha value is -7.19. The van der Waals surface area contributed by atoms with Crippen LogP contribution < -0.4 is 20.7 Å². The second-order valence-corrected chi connectivity index (χ2v) is 24.5. The summed E-state index contributed by atoms with van der Waals surface area (Å²) in [4.78, 5) is 4.79. The van der Waals surface area contributed by atoms with Crippen LogP contribution in [0.3, 0.4) is 0 Å². The summed E-state index contributed by atoms with van der Waals surface area (Å²) in [7, 11) is -0.924. The van der Waals surface area contributed by atoms with Crippen molar-refractivity contribution in [2.45, 2.75) is 129 Å². The molecule has 1 atom stereocenters. The molecule has 2 fully saturated rings. The molecule has 1 unspecified atom stereocenters. The molecule has 0 spiro atoms. The molecule has 402 valence electrons. The van der Waals surface area contributed by atoms with Gasteiger partial charge >= 0.3 is 14.2 Å². The topological polar surface area (TPSA) is 43.4 Å². The number of hydrogen-bond acceptors (Lipinski definition) is 6. The number of nitrogens with zero attached hydrogens (tertiary/aromatic N) is 2. The van der Waals surface area contributed by atoms with Crippen LogP contribution in [-0.4, -0.2) is 36.6 Å². The molecule has 2 aliphatic heterocycles. The van der Waals surface area contributed by atoms with Crippen molar-refractivity contribution in [2.75, 3.05) is 9.80 Å². The SMILES string of the molecule is CCCCc1ccc(C2(C)c3ccc(N(c4ccc(B5OC(C)(C)C(C)(C)O5)cc4)c4ccc(C5=CC=CCC5)cc4)cc3-c3cc(N(c4ccc(B5OC(C)(C)C(C)(C)O5)cc4)c4ccc(-c5ccccc5)cc4)ccc32)cc1.